The van der Waals surface area contributed by atoms with Gasteiger partial charge in [-0.05, 0) is 31.5 Å². The van der Waals surface area contributed by atoms with E-state index in [1.54, 1.807) is 22.8 Å². The third kappa shape index (κ3) is 3.76. The molecule has 1 saturated heterocycles. The lowest BCUT2D eigenvalue weighted by Crippen LogP contribution is -2.47. The second kappa shape index (κ2) is 7.68. The van der Waals surface area contributed by atoms with Gasteiger partial charge in [0.15, 0.2) is 0 Å². The van der Waals surface area contributed by atoms with Crippen LogP contribution in [0.4, 0.5) is 0 Å². The van der Waals surface area contributed by atoms with E-state index in [1.165, 1.54) is 0 Å². The first-order valence-electron chi connectivity index (χ1n) is 8.91. The van der Waals surface area contributed by atoms with E-state index in [0.717, 1.165) is 17.1 Å². The van der Waals surface area contributed by atoms with Crippen LogP contribution < -0.4 is 5.32 Å². The molecular formula is C19H25N5O2. The average molecular weight is 355 g/mol. The van der Waals surface area contributed by atoms with Crippen LogP contribution in [0.15, 0.2) is 30.5 Å². The molecule has 0 saturated carbocycles. The molecule has 2 atom stereocenters. The summed E-state index contributed by atoms with van der Waals surface area (Å²) in [5.74, 6) is -0.244. The molecular weight excluding hydrogens is 330 g/mol. The SMILES string of the molecule is Cc1cccc(CCNC(=O)[C@H]2CCC(=O)N(C)[C@@H]2c2ccnn2C)n1. The average Bonchev–Trinajstić information content (AvgIpc) is 3.03. The number of nitrogens with one attached hydrogen (secondary N) is 1. The number of aromatic nitrogens is 3. The van der Waals surface area contributed by atoms with Crippen molar-refractivity contribution in [3.63, 3.8) is 0 Å². The number of nitrogens with zero attached hydrogens (tertiary/aromatic N) is 4. The largest absolute Gasteiger partial charge is 0.355 e. The van der Waals surface area contributed by atoms with Gasteiger partial charge < -0.3 is 10.2 Å². The molecule has 2 amide bonds. The van der Waals surface area contributed by atoms with Crippen molar-refractivity contribution < 1.29 is 9.59 Å². The van der Waals surface area contributed by atoms with Crippen molar-refractivity contribution in [2.75, 3.05) is 13.6 Å². The first kappa shape index (κ1) is 18.1. The maximum atomic E-state index is 12.8. The van der Waals surface area contributed by atoms with Crippen LogP contribution in [0.25, 0.3) is 0 Å². The summed E-state index contributed by atoms with van der Waals surface area (Å²) in [6, 6.07) is 7.47. The summed E-state index contributed by atoms with van der Waals surface area (Å²) in [6.07, 6.45) is 3.32. The molecule has 0 spiro atoms. The monoisotopic (exact) mass is 355 g/mol. The summed E-state index contributed by atoms with van der Waals surface area (Å²) in [5.41, 5.74) is 2.81. The lowest BCUT2D eigenvalue weighted by molar-refractivity contribution is -0.141. The number of hydrogen-bond donors (Lipinski definition) is 1. The van der Waals surface area contributed by atoms with Crippen molar-refractivity contribution in [3.05, 3.63) is 47.5 Å². The van der Waals surface area contributed by atoms with Gasteiger partial charge in [0, 0.05) is 51.1 Å². The van der Waals surface area contributed by atoms with Gasteiger partial charge in [-0.1, -0.05) is 6.07 Å². The molecule has 2 aromatic rings. The second-order valence-corrected chi connectivity index (χ2v) is 6.79. The lowest BCUT2D eigenvalue weighted by Gasteiger charge is -2.38. The van der Waals surface area contributed by atoms with E-state index >= 15 is 0 Å². The van der Waals surface area contributed by atoms with Gasteiger partial charge in [0.2, 0.25) is 11.8 Å². The van der Waals surface area contributed by atoms with Crippen LogP contribution in [0.2, 0.25) is 0 Å². The molecule has 7 heteroatoms. The number of likely N-dealkylation sites (tertiary alicyclic amines) is 1. The predicted octanol–water partition coefficient (Wildman–Crippen LogP) is 1.39. The zero-order valence-electron chi connectivity index (χ0n) is 15.5. The smallest absolute Gasteiger partial charge is 0.225 e. The number of piperidine rings is 1. The molecule has 3 heterocycles. The highest BCUT2D eigenvalue weighted by Gasteiger charge is 2.40. The van der Waals surface area contributed by atoms with Gasteiger partial charge >= 0.3 is 0 Å². The second-order valence-electron chi connectivity index (χ2n) is 6.79. The van der Waals surface area contributed by atoms with Crippen LogP contribution in [0.3, 0.4) is 0 Å². The Kier molecular flexibility index (Phi) is 5.35. The Hall–Kier alpha value is -2.70. The highest BCUT2D eigenvalue weighted by Crippen LogP contribution is 2.35. The molecule has 3 rings (SSSR count). The van der Waals surface area contributed by atoms with Crippen LogP contribution in [-0.2, 0) is 23.1 Å². The van der Waals surface area contributed by atoms with Gasteiger partial charge in [-0.15, -0.1) is 0 Å². The third-order valence-electron chi connectivity index (χ3n) is 4.99. The van der Waals surface area contributed by atoms with E-state index in [1.807, 2.05) is 38.2 Å². The van der Waals surface area contributed by atoms with Crippen molar-refractivity contribution in [3.8, 4) is 0 Å². The molecule has 1 N–H and O–H groups in total. The van der Waals surface area contributed by atoms with Crippen molar-refractivity contribution in [2.45, 2.75) is 32.2 Å². The molecule has 1 aliphatic heterocycles. The van der Waals surface area contributed by atoms with Crippen LogP contribution in [-0.4, -0.2) is 45.1 Å². The Morgan fingerprint density at radius 1 is 1.31 bits per heavy atom. The fraction of sp³-hybridized carbons (Fsp3) is 0.474. The van der Waals surface area contributed by atoms with Crippen molar-refractivity contribution >= 4 is 11.8 Å². The lowest BCUT2D eigenvalue weighted by atomic mass is 9.86. The number of aryl methyl sites for hydroxylation is 2. The molecule has 2 aromatic heterocycles. The molecule has 0 aromatic carbocycles. The molecule has 26 heavy (non-hydrogen) atoms. The minimum absolute atomic E-state index is 0.0248. The van der Waals surface area contributed by atoms with Crippen molar-refractivity contribution in [2.24, 2.45) is 13.0 Å². The van der Waals surface area contributed by atoms with E-state index < -0.39 is 0 Å². The number of amides is 2. The number of carbonyl (C=O) groups is 2. The van der Waals surface area contributed by atoms with Gasteiger partial charge in [0.25, 0.3) is 0 Å². The molecule has 1 aliphatic rings. The summed E-state index contributed by atoms with van der Waals surface area (Å²) in [6.45, 7) is 2.48. The van der Waals surface area contributed by atoms with Gasteiger partial charge in [0.05, 0.1) is 17.7 Å². The molecule has 7 nitrogen and oxygen atoms in total. The Morgan fingerprint density at radius 3 is 2.81 bits per heavy atom. The molecule has 0 unspecified atom stereocenters. The Balaban J connectivity index is 1.68. The Labute approximate surface area is 153 Å². The number of pyridine rings is 1. The minimum Gasteiger partial charge on any atom is -0.355 e. The summed E-state index contributed by atoms with van der Waals surface area (Å²) in [7, 11) is 3.59. The van der Waals surface area contributed by atoms with Crippen LogP contribution in [0, 0.1) is 12.8 Å². The summed E-state index contributed by atoms with van der Waals surface area (Å²) < 4.78 is 1.73. The highest BCUT2D eigenvalue weighted by atomic mass is 16.2. The summed E-state index contributed by atoms with van der Waals surface area (Å²) in [4.78, 5) is 31.1. The van der Waals surface area contributed by atoms with Gasteiger partial charge in [0.1, 0.15) is 0 Å². The van der Waals surface area contributed by atoms with E-state index in [-0.39, 0.29) is 23.8 Å². The topological polar surface area (TPSA) is 80.1 Å². The maximum absolute atomic E-state index is 12.8. The van der Waals surface area contributed by atoms with Crippen LogP contribution >= 0.6 is 0 Å². The molecule has 138 valence electrons. The predicted molar refractivity (Wildman–Crippen MR) is 97.1 cm³/mol. The van der Waals surface area contributed by atoms with Crippen LogP contribution in [0.5, 0.6) is 0 Å². The van der Waals surface area contributed by atoms with Gasteiger partial charge in [-0.2, -0.15) is 5.10 Å². The maximum Gasteiger partial charge on any atom is 0.225 e. The summed E-state index contributed by atoms with van der Waals surface area (Å²) >= 11 is 0. The van der Waals surface area contributed by atoms with Gasteiger partial charge in [-0.25, -0.2) is 0 Å². The Morgan fingerprint density at radius 2 is 2.12 bits per heavy atom. The normalized spacial score (nSPS) is 20.3. The standard InChI is InChI=1S/C19H25N5O2/c1-13-5-4-6-14(22-13)9-11-20-19(26)15-7-8-17(25)23(2)18(15)16-10-12-21-24(16)3/h4-6,10,12,15,18H,7-9,11H2,1-3H3,(H,20,26)/t15-,18-/m0/s1. The van der Waals surface area contributed by atoms with E-state index in [9.17, 15) is 9.59 Å². The molecule has 0 aliphatic carbocycles. The fourth-order valence-electron chi connectivity index (χ4n) is 3.58. The Bertz CT molecular complexity index is 801. The third-order valence-corrected chi connectivity index (χ3v) is 4.99. The molecule has 0 bridgehead atoms. The first-order valence-corrected chi connectivity index (χ1v) is 8.91. The van der Waals surface area contributed by atoms with Gasteiger partial charge in [-0.3, -0.25) is 19.3 Å². The highest BCUT2D eigenvalue weighted by molar-refractivity contribution is 5.84. The van der Waals surface area contributed by atoms with Crippen molar-refractivity contribution in [1.82, 2.24) is 25.0 Å². The minimum atomic E-state index is -0.291. The van der Waals surface area contributed by atoms with Crippen molar-refractivity contribution in [1.29, 1.82) is 0 Å². The number of rotatable bonds is 5. The molecule has 0 radical (unpaired) electrons. The number of hydrogen-bond acceptors (Lipinski definition) is 4. The van der Waals surface area contributed by atoms with E-state index in [0.29, 0.717) is 25.8 Å². The molecule has 1 fully saturated rings. The zero-order valence-corrected chi connectivity index (χ0v) is 15.5. The fourth-order valence-corrected chi connectivity index (χ4v) is 3.58. The first-order chi connectivity index (χ1) is 12.5. The number of carbonyl (C=O) groups excluding carboxylic acids is 2. The zero-order chi connectivity index (χ0) is 18.7. The van der Waals surface area contributed by atoms with E-state index in [2.05, 4.69) is 15.4 Å². The quantitative estimate of drug-likeness (QED) is 0.879. The van der Waals surface area contributed by atoms with E-state index in [4.69, 9.17) is 0 Å². The van der Waals surface area contributed by atoms with Crippen LogP contribution in [0.1, 0.15) is 36.0 Å². The summed E-state index contributed by atoms with van der Waals surface area (Å²) in [5, 5.41) is 7.21.